The van der Waals surface area contributed by atoms with E-state index in [1.807, 2.05) is 0 Å². The first kappa shape index (κ1) is 16.3. The van der Waals surface area contributed by atoms with E-state index in [0.29, 0.717) is 24.7 Å². The molecule has 0 saturated heterocycles. The first-order chi connectivity index (χ1) is 10.4. The van der Waals surface area contributed by atoms with Crippen LogP contribution < -0.4 is 0 Å². The maximum absolute atomic E-state index is 11.0. The Morgan fingerprint density at radius 3 is 2.73 bits per heavy atom. The Morgan fingerprint density at radius 1 is 1.32 bits per heavy atom. The van der Waals surface area contributed by atoms with Crippen LogP contribution in [0, 0.1) is 10.1 Å². The lowest BCUT2D eigenvalue weighted by Gasteiger charge is -2.15. The Kier molecular flexibility index (Phi) is 5.04. The van der Waals surface area contributed by atoms with Crippen LogP contribution in [0.3, 0.4) is 0 Å². The fourth-order valence-corrected chi connectivity index (χ4v) is 2.60. The van der Waals surface area contributed by atoms with Gasteiger partial charge in [-0.15, -0.1) is 5.10 Å². The number of benzene rings is 1. The first-order valence-electron chi connectivity index (χ1n) is 7.08. The molecular weight excluding hydrogens is 300 g/mol. The molecule has 7 nitrogen and oxygen atoms in total. The highest BCUT2D eigenvalue weighted by Gasteiger charge is 2.17. The summed E-state index contributed by atoms with van der Waals surface area (Å²) in [5, 5.41) is 15.3. The maximum Gasteiger partial charge on any atom is 0.280 e. The van der Waals surface area contributed by atoms with Crippen molar-refractivity contribution in [2.75, 3.05) is 6.61 Å². The molecule has 0 radical (unpaired) electrons. The minimum Gasteiger partial charge on any atom is -0.359 e. The molecule has 1 heterocycles. The average Bonchev–Trinajstić information content (AvgIpc) is 2.91. The molecule has 0 amide bonds. The topological polar surface area (TPSA) is 83.1 Å². The predicted octanol–water partition coefficient (Wildman–Crippen LogP) is 3.17. The van der Waals surface area contributed by atoms with Gasteiger partial charge >= 0.3 is 0 Å². The molecule has 22 heavy (non-hydrogen) atoms. The number of nitro groups is 1. The van der Waals surface area contributed by atoms with Crippen molar-refractivity contribution >= 4 is 13.8 Å². The van der Waals surface area contributed by atoms with Gasteiger partial charge in [0.1, 0.15) is 13.1 Å². The average molecular weight is 320 g/mol. The zero-order chi connectivity index (χ0) is 16.2. The quantitative estimate of drug-likeness (QED) is 0.339. The van der Waals surface area contributed by atoms with Crippen LogP contribution in [-0.2, 0) is 11.5 Å². The fraction of sp³-hybridized carbons (Fsp3) is 0.429. The van der Waals surface area contributed by atoms with E-state index in [0.717, 1.165) is 6.04 Å². The Bertz CT molecular complexity index is 652. The van der Waals surface area contributed by atoms with E-state index in [1.54, 1.807) is 22.9 Å². The van der Waals surface area contributed by atoms with E-state index < -0.39 is 13.0 Å². The summed E-state index contributed by atoms with van der Waals surface area (Å²) >= 11 is 0. The van der Waals surface area contributed by atoms with Crippen molar-refractivity contribution in [2.24, 2.45) is 0 Å². The highest BCUT2D eigenvalue weighted by Crippen LogP contribution is 2.26. The molecule has 0 aliphatic rings. The smallest absolute Gasteiger partial charge is 0.280 e. The molecule has 0 atom stereocenters. The molecule has 0 N–H and O–H groups in total. The first-order valence-corrected chi connectivity index (χ1v) is 10.8. The molecule has 1 aromatic carbocycles. The number of rotatable bonds is 7. The molecule has 1 aromatic heterocycles. The Balaban J connectivity index is 2.02. The minimum atomic E-state index is -1.11. The Hall–Kier alpha value is -2.06. The number of hydrogen-bond donors (Lipinski definition) is 0. The molecular formula is C14H20N4O3Si. The van der Waals surface area contributed by atoms with E-state index in [-0.39, 0.29) is 5.69 Å². The lowest BCUT2D eigenvalue weighted by Crippen LogP contribution is -2.22. The van der Waals surface area contributed by atoms with Crippen molar-refractivity contribution in [3.63, 3.8) is 0 Å². The number of hydrogen-bond acceptors (Lipinski definition) is 5. The molecule has 2 aromatic rings. The van der Waals surface area contributed by atoms with Crippen molar-refractivity contribution in [3.05, 3.63) is 40.7 Å². The molecule has 0 saturated carbocycles. The summed E-state index contributed by atoms with van der Waals surface area (Å²) in [6.45, 7) is 7.86. The third kappa shape index (κ3) is 4.47. The van der Waals surface area contributed by atoms with Crippen molar-refractivity contribution < 1.29 is 9.66 Å². The van der Waals surface area contributed by atoms with Gasteiger partial charge in [-0.1, -0.05) is 31.8 Å². The lowest BCUT2D eigenvalue weighted by atomic mass is 10.2. The van der Waals surface area contributed by atoms with Gasteiger partial charge in [0.25, 0.3) is 5.69 Å². The van der Waals surface area contributed by atoms with Crippen LogP contribution in [0.25, 0.3) is 11.4 Å². The summed E-state index contributed by atoms with van der Waals surface area (Å²) in [6.07, 6.45) is 1.53. The summed E-state index contributed by atoms with van der Waals surface area (Å²) in [5.41, 5.74) is 0.410. The monoisotopic (exact) mass is 320 g/mol. The summed E-state index contributed by atoms with van der Waals surface area (Å²) in [6, 6.07) is 7.52. The van der Waals surface area contributed by atoms with E-state index in [1.165, 1.54) is 12.4 Å². The highest BCUT2D eigenvalue weighted by molar-refractivity contribution is 6.76. The van der Waals surface area contributed by atoms with E-state index in [9.17, 15) is 10.1 Å². The maximum atomic E-state index is 11.0. The van der Waals surface area contributed by atoms with Gasteiger partial charge in [-0.2, -0.15) is 0 Å². The second kappa shape index (κ2) is 6.80. The van der Waals surface area contributed by atoms with Crippen molar-refractivity contribution in [1.29, 1.82) is 0 Å². The standard InChI is InChI=1S/C14H20N4O3Si/c1-22(2,3)9-8-21-11-17-10-15-14(16-17)12-6-4-5-7-13(12)18(19)20/h4-7,10H,8-9,11H2,1-3H3. The van der Waals surface area contributed by atoms with Gasteiger partial charge in [-0.05, 0) is 12.1 Å². The van der Waals surface area contributed by atoms with Crippen LogP contribution in [0.2, 0.25) is 25.7 Å². The van der Waals surface area contributed by atoms with Crippen molar-refractivity contribution in [3.8, 4) is 11.4 Å². The normalized spacial score (nSPS) is 11.6. The second-order valence-electron chi connectivity index (χ2n) is 6.23. The predicted molar refractivity (Wildman–Crippen MR) is 86.2 cm³/mol. The molecule has 0 fully saturated rings. The minimum absolute atomic E-state index is 0.0000917. The van der Waals surface area contributed by atoms with Crippen LogP contribution >= 0.6 is 0 Å². The van der Waals surface area contributed by atoms with Crippen molar-refractivity contribution in [2.45, 2.75) is 32.4 Å². The SMILES string of the molecule is C[Si](C)(C)CCOCn1cnc(-c2ccccc2[N+](=O)[O-])n1. The molecule has 0 spiro atoms. The van der Waals surface area contributed by atoms with Gasteiger partial charge in [0.2, 0.25) is 0 Å². The van der Waals surface area contributed by atoms with E-state index >= 15 is 0 Å². The van der Waals surface area contributed by atoms with Crippen LogP contribution in [-0.4, -0.2) is 34.4 Å². The summed E-state index contributed by atoms with van der Waals surface area (Å²) in [4.78, 5) is 14.7. The molecule has 0 unspecified atom stereocenters. The number of para-hydroxylation sites is 1. The second-order valence-corrected chi connectivity index (χ2v) is 11.9. The zero-order valence-electron chi connectivity index (χ0n) is 13.0. The van der Waals surface area contributed by atoms with E-state index in [2.05, 4.69) is 29.7 Å². The van der Waals surface area contributed by atoms with Crippen LogP contribution in [0.5, 0.6) is 0 Å². The van der Waals surface area contributed by atoms with Gasteiger partial charge in [-0.3, -0.25) is 10.1 Å². The molecule has 2 rings (SSSR count). The highest BCUT2D eigenvalue weighted by atomic mass is 28.3. The van der Waals surface area contributed by atoms with Gasteiger partial charge < -0.3 is 4.74 Å². The Morgan fingerprint density at radius 2 is 2.05 bits per heavy atom. The third-order valence-corrected chi connectivity index (χ3v) is 4.80. The largest absolute Gasteiger partial charge is 0.359 e. The van der Waals surface area contributed by atoms with E-state index in [4.69, 9.17) is 4.74 Å². The number of nitro benzene ring substituents is 1. The van der Waals surface area contributed by atoms with Crippen LogP contribution in [0.15, 0.2) is 30.6 Å². The summed E-state index contributed by atoms with van der Waals surface area (Å²) in [7, 11) is -1.11. The van der Waals surface area contributed by atoms with Crippen LogP contribution in [0.1, 0.15) is 0 Å². The number of ether oxygens (including phenoxy) is 1. The lowest BCUT2D eigenvalue weighted by molar-refractivity contribution is -0.384. The summed E-state index contributed by atoms with van der Waals surface area (Å²) in [5.74, 6) is 0.334. The Labute approximate surface area is 130 Å². The van der Waals surface area contributed by atoms with Gasteiger partial charge in [-0.25, -0.2) is 9.67 Å². The van der Waals surface area contributed by atoms with Gasteiger partial charge in [0.15, 0.2) is 5.82 Å². The fourth-order valence-electron chi connectivity index (χ4n) is 1.84. The molecule has 0 aliphatic heterocycles. The molecule has 0 bridgehead atoms. The third-order valence-electron chi connectivity index (χ3n) is 3.10. The number of nitrogens with zero attached hydrogens (tertiary/aromatic N) is 4. The van der Waals surface area contributed by atoms with Crippen molar-refractivity contribution in [1.82, 2.24) is 14.8 Å². The van der Waals surface area contributed by atoms with Gasteiger partial charge in [0.05, 0.1) is 10.5 Å². The summed E-state index contributed by atoms with van der Waals surface area (Å²) < 4.78 is 7.14. The zero-order valence-corrected chi connectivity index (χ0v) is 14.0. The molecule has 8 heteroatoms. The molecule has 118 valence electrons. The van der Waals surface area contributed by atoms with Gasteiger partial charge in [0, 0.05) is 20.7 Å². The number of aromatic nitrogens is 3. The van der Waals surface area contributed by atoms with Crippen LogP contribution in [0.4, 0.5) is 5.69 Å². The molecule has 0 aliphatic carbocycles.